The maximum atomic E-state index is 11.1. The molecule has 0 bridgehead atoms. The van der Waals surface area contributed by atoms with Gasteiger partial charge in [-0.05, 0) is 26.8 Å². The number of hydrogen-bond acceptors (Lipinski definition) is 3. The number of carbonyl (C=O) groups is 1. The third-order valence-corrected chi connectivity index (χ3v) is 4.00. The van der Waals surface area contributed by atoms with Gasteiger partial charge in [0, 0.05) is 15.8 Å². The molecule has 0 radical (unpaired) electrons. The van der Waals surface area contributed by atoms with Crippen LogP contribution in [0.5, 0.6) is 0 Å². The standard InChI is InChI=1S/C12H14OS2.C2H6/c1-4-6-11(5-2)15-12-7-10(8-14-12)9(3)13;1-2/h4-8H,1-3H3;1-2H3/b6-4-,11-5+;. The molecule has 0 aliphatic carbocycles. The van der Waals surface area contributed by atoms with Crippen LogP contribution in [0.25, 0.3) is 0 Å². The van der Waals surface area contributed by atoms with Crippen molar-refractivity contribution in [1.82, 2.24) is 0 Å². The molecule has 0 unspecified atom stereocenters. The lowest BCUT2D eigenvalue weighted by molar-refractivity contribution is 0.101. The second-order valence-corrected chi connectivity index (χ2v) is 5.29. The monoisotopic (exact) mass is 268 g/mol. The lowest BCUT2D eigenvalue weighted by Crippen LogP contribution is -1.85. The summed E-state index contributed by atoms with van der Waals surface area (Å²) in [4.78, 5) is 12.3. The molecule has 0 spiro atoms. The van der Waals surface area contributed by atoms with Crippen LogP contribution in [0, 0.1) is 0 Å². The summed E-state index contributed by atoms with van der Waals surface area (Å²) in [5.41, 5.74) is 0.804. The summed E-state index contributed by atoms with van der Waals surface area (Å²) < 4.78 is 1.16. The van der Waals surface area contributed by atoms with E-state index in [-0.39, 0.29) is 5.78 Å². The molecule has 1 aromatic rings. The fraction of sp³-hybridized carbons (Fsp3) is 0.357. The molecular weight excluding hydrogens is 248 g/mol. The minimum absolute atomic E-state index is 0.131. The van der Waals surface area contributed by atoms with Gasteiger partial charge in [0.2, 0.25) is 0 Å². The highest BCUT2D eigenvalue weighted by molar-refractivity contribution is 8.05. The van der Waals surface area contributed by atoms with E-state index in [4.69, 9.17) is 0 Å². The Morgan fingerprint density at radius 2 is 2.00 bits per heavy atom. The zero-order valence-electron chi connectivity index (χ0n) is 11.1. The first-order chi connectivity index (χ1) is 8.17. The average Bonchev–Trinajstić information content (AvgIpc) is 2.80. The SMILES string of the molecule is C/C=C\C(=C/C)Sc1cc(C(C)=O)cs1.CC. The van der Waals surface area contributed by atoms with Crippen LogP contribution in [0.15, 0.2) is 38.8 Å². The topological polar surface area (TPSA) is 17.1 Å². The third kappa shape index (κ3) is 5.89. The first kappa shape index (κ1) is 16.2. The van der Waals surface area contributed by atoms with Gasteiger partial charge in [0.05, 0.1) is 4.21 Å². The van der Waals surface area contributed by atoms with Gasteiger partial charge in [0.1, 0.15) is 0 Å². The minimum atomic E-state index is 0.131. The smallest absolute Gasteiger partial charge is 0.160 e. The molecule has 0 atom stereocenters. The number of Topliss-reactive ketones (excluding diaryl/α,β-unsaturated/α-hetero) is 1. The predicted octanol–water partition coefficient (Wildman–Crippen LogP) is 5.55. The maximum absolute atomic E-state index is 11.1. The number of carbonyl (C=O) groups excluding carboxylic acids is 1. The number of allylic oxidation sites excluding steroid dienone is 3. The molecule has 1 nitrogen and oxygen atoms in total. The summed E-state index contributed by atoms with van der Waals surface area (Å²) >= 11 is 3.31. The molecule has 0 fully saturated rings. The summed E-state index contributed by atoms with van der Waals surface area (Å²) in [5.74, 6) is 0.131. The van der Waals surface area contributed by atoms with Gasteiger partial charge in [0.25, 0.3) is 0 Å². The maximum Gasteiger partial charge on any atom is 0.160 e. The van der Waals surface area contributed by atoms with Crippen molar-refractivity contribution in [2.45, 2.75) is 38.8 Å². The molecule has 0 N–H and O–H groups in total. The molecule has 17 heavy (non-hydrogen) atoms. The number of rotatable bonds is 4. The van der Waals surface area contributed by atoms with Crippen LogP contribution in [-0.2, 0) is 0 Å². The van der Waals surface area contributed by atoms with E-state index < -0.39 is 0 Å². The lowest BCUT2D eigenvalue weighted by atomic mass is 10.2. The average molecular weight is 268 g/mol. The van der Waals surface area contributed by atoms with E-state index in [2.05, 4.69) is 12.2 Å². The molecule has 1 rings (SSSR count). The molecule has 0 aliphatic rings. The van der Waals surface area contributed by atoms with Crippen molar-refractivity contribution in [3.8, 4) is 0 Å². The zero-order valence-corrected chi connectivity index (χ0v) is 12.7. The van der Waals surface area contributed by atoms with Gasteiger partial charge >= 0.3 is 0 Å². The van der Waals surface area contributed by atoms with Crippen molar-refractivity contribution < 1.29 is 4.79 Å². The van der Waals surface area contributed by atoms with E-state index in [0.717, 1.165) is 9.77 Å². The number of hydrogen-bond donors (Lipinski definition) is 0. The van der Waals surface area contributed by atoms with Crippen LogP contribution < -0.4 is 0 Å². The Labute approximate surface area is 113 Å². The third-order valence-electron chi connectivity index (χ3n) is 1.82. The molecule has 0 aliphatic heterocycles. The Morgan fingerprint density at radius 1 is 1.35 bits per heavy atom. The number of thioether (sulfide) groups is 1. The van der Waals surface area contributed by atoms with E-state index in [0.29, 0.717) is 0 Å². The quantitative estimate of drug-likeness (QED) is 0.404. The normalized spacial score (nSPS) is 11.2. The molecule has 1 heterocycles. The van der Waals surface area contributed by atoms with Gasteiger partial charge in [-0.2, -0.15) is 0 Å². The van der Waals surface area contributed by atoms with Gasteiger partial charge in [-0.15, -0.1) is 11.3 Å². The van der Waals surface area contributed by atoms with E-state index in [1.807, 2.05) is 45.2 Å². The molecule has 0 saturated carbocycles. The van der Waals surface area contributed by atoms with E-state index in [1.165, 1.54) is 4.91 Å². The molecule has 0 aromatic carbocycles. The highest BCUT2D eigenvalue weighted by Crippen LogP contribution is 2.32. The van der Waals surface area contributed by atoms with Crippen LogP contribution in [0.2, 0.25) is 0 Å². The summed E-state index contributed by atoms with van der Waals surface area (Å²) in [5, 5.41) is 1.91. The number of ketones is 1. The van der Waals surface area contributed by atoms with E-state index in [9.17, 15) is 4.79 Å². The van der Waals surface area contributed by atoms with E-state index in [1.54, 1.807) is 30.0 Å². The largest absolute Gasteiger partial charge is 0.294 e. The van der Waals surface area contributed by atoms with Crippen molar-refractivity contribution in [1.29, 1.82) is 0 Å². The predicted molar refractivity (Wildman–Crippen MR) is 80.1 cm³/mol. The van der Waals surface area contributed by atoms with Crippen LogP contribution in [0.4, 0.5) is 0 Å². The Morgan fingerprint density at radius 3 is 2.41 bits per heavy atom. The van der Waals surface area contributed by atoms with Gasteiger partial charge in [-0.1, -0.05) is 43.8 Å². The molecular formula is C14H20OS2. The first-order valence-corrected chi connectivity index (χ1v) is 7.43. The number of thiophene rings is 1. The Bertz CT molecular complexity index is 400. The Balaban J connectivity index is 0.00000121. The van der Waals surface area contributed by atoms with Gasteiger partial charge < -0.3 is 0 Å². The fourth-order valence-electron chi connectivity index (χ4n) is 1.02. The van der Waals surface area contributed by atoms with Crippen LogP contribution in [-0.4, -0.2) is 5.78 Å². The van der Waals surface area contributed by atoms with E-state index >= 15 is 0 Å². The zero-order chi connectivity index (χ0) is 13.3. The van der Waals surface area contributed by atoms with Gasteiger partial charge in [-0.3, -0.25) is 4.79 Å². The molecule has 0 saturated heterocycles. The summed E-state index contributed by atoms with van der Waals surface area (Å²) in [6, 6.07) is 1.95. The van der Waals surface area contributed by atoms with Crippen molar-refractivity contribution in [3.63, 3.8) is 0 Å². The highest BCUT2D eigenvalue weighted by Gasteiger charge is 2.05. The fourth-order valence-corrected chi connectivity index (χ4v) is 3.06. The summed E-state index contributed by atoms with van der Waals surface area (Å²) in [7, 11) is 0. The second-order valence-electron chi connectivity index (χ2n) is 3.00. The minimum Gasteiger partial charge on any atom is -0.294 e. The van der Waals surface area contributed by atoms with Crippen molar-refractivity contribution in [2.24, 2.45) is 0 Å². The Hall–Kier alpha value is -0.800. The molecule has 0 amide bonds. The van der Waals surface area contributed by atoms with Crippen LogP contribution >= 0.6 is 23.1 Å². The molecule has 94 valence electrons. The Kier molecular flexibility index (Phi) is 8.82. The van der Waals surface area contributed by atoms with Crippen LogP contribution in [0.3, 0.4) is 0 Å². The van der Waals surface area contributed by atoms with Crippen molar-refractivity contribution in [2.75, 3.05) is 0 Å². The lowest BCUT2D eigenvalue weighted by Gasteiger charge is -1.96. The molecule has 1 aromatic heterocycles. The van der Waals surface area contributed by atoms with Crippen LogP contribution in [0.1, 0.15) is 45.0 Å². The summed E-state index contributed by atoms with van der Waals surface area (Å²) in [6.45, 7) is 9.61. The van der Waals surface area contributed by atoms with Crippen molar-refractivity contribution in [3.05, 3.63) is 40.1 Å². The highest BCUT2D eigenvalue weighted by atomic mass is 32.2. The second kappa shape index (κ2) is 9.25. The summed E-state index contributed by atoms with van der Waals surface area (Å²) in [6.07, 6.45) is 6.15. The van der Waals surface area contributed by atoms with Gasteiger partial charge in [-0.25, -0.2) is 0 Å². The van der Waals surface area contributed by atoms with Crippen molar-refractivity contribution >= 4 is 28.9 Å². The van der Waals surface area contributed by atoms with Gasteiger partial charge in [0.15, 0.2) is 5.78 Å². The first-order valence-electron chi connectivity index (χ1n) is 5.73. The molecule has 3 heteroatoms.